The maximum absolute atomic E-state index is 10.6. The van der Waals surface area contributed by atoms with Gasteiger partial charge in [0.2, 0.25) is 0 Å². The van der Waals surface area contributed by atoms with Gasteiger partial charge in [-0.25, -0.2) is 0 Å². The van der Waals surface area contributed by atoms with E-state index in [2.05, 4.69) is 23.4 Å². The van der Waals surface area contributed by atoms with Crippen LogP contribution in [0.15, 0.2) is 6.07 Å². The quantitative estimate of drug-likeness (QED) is 0.831. The summed E-state index contributed by atoms with van der Waals surface area (Å²) in [6.45, 7) is 9.10. The highest BCUT2D eigenvalue weighted by Crippen LogP contribution is 2.20. The van der Waals surface area contributed by atoms with E-state index in [4.69, 9.17) is 4.74 Å². The fourth-order valence-electron chi connectivity index (χ4n) is 2.76. The Kier molecular flexibility index (Phi) is 4.60. The van der Waals surface area contributed by atoms with Gasteiger partial charge in [0.1, 0.15) is 0 Å². The second-order valence-electron chi connectivity index (χ2n) is 5.70. The lowest BCUT2D eigenvalue weighted by molar-refractivity contribution is 0.00539. The highest BCUT2D eigenvalue weighted by Gasteiger charge is 2.28. The molecular weight excluding hydrogens is 242 g/mol. The monoisotopic (exact) mass is 267 g/mol. The fraction of sp³-hybridized carbons (Fsp3) is 0.786. The molecule has 2 atom stereocenters. The molecule has 0 bridgehead atoms. The smallest absolute Gasteiger partial charge is 0.0690 e. The van der Waals surface area contributed by atoms with E-state index in [9.17, 15) is 5.11 Å². The van der Waals surface area contributed by atoms with Crippen LogP contribution in [0, 0.1) is 6.92 Å². The highest BCUT2D eigenvalue weighted by atomic mass is 16.5. The van der Waals surface area contributed by atoms with Gasteiger partial charge in [0.15, 0.2) is 0 Å². The molecule has 19 heavy (non-hydrogen) atoms. The van der Waals surface area contributed by atoms with Crippen molar-refractivity contribution in [1.82, 2.24) is 15.1 Å². The molecule has 1 aliphatic rings. The summed E-state index contributed by atoms with van der Waals surface area (Å²) in [5, 5.41) is 18.4. The number of nitrogens with zero attached hydrogens (tertiary/aromatic N) is 2. The maximum Gasteiger partial charge on any atom is 0.0690 e. The number of aliphatic hydroxyl groups is 1. The van der Waals surface area contributed by atoms with Gasteiger partial charge in [-0.1, -0.05) is 0 Å². The zero-order valence-corrected chi connectivity index (χ0v) is 12.1. The van der Waals surface area contributed by atoms with Gasteiger partial charge in [-0.3, -0.25) is 4.68 Å². The van der Waals surface area contributed by atoms with Gasteiger partial charge >= 0.3 is 0 Å². The van der Waals surface area contributed by atoms with E-state index in [1.54, 1.807) is 0 Å². The van der Waals surface area contributed by atoms with Crippen LogP contribution in [0.3, 0.4) is 0 Å². The summed E-state index contributed by atoms with van der Waals surface area (Å²) in [5.74, 6) is 0. The van der Waals surface area contributed by atoms with E-state index < -0.39 is 5.60 Å². The molecule has 0 saturated carbocycles. The van der Waals surface area contributed by atoms with Crippen molar-refractivity contribution in [3.05, 3.63) is 17.5 Å². The third kappa shape index (κ3) is 4.03. The molecule has 0 aliphatic carbocycles. The van der Waals surface area contributed by atoms with Crippen molar-refractivity contribution in [2.24, 2.45) is 0 Å². The molecule has 1 aliphatic heterocycles. The van der Waals surface area contributed by atoms with Crippen LogP contribution in [0.1, 0.15) is 31.7 Å². The van der Waals surface area contributed by atoms with E-state index >= 15 is 0 Å². The summed E-state index contributed by atoms with van der Waals surface area (Å²) in [4.78, 5) is 0. The van der Waals surface area contributed by atoms with Gasteiger partial charge in [-0.05, 0) is 33.3 Å². The summed E-state index contributed by atoms with van der Waals surface area (Å²) in [6.07, 6.45) is 1.32. The Labute approximate surface area is 115 Å². The normalized spacial score (nSPS) is 23.3. The second-order valence-corrected chi connectivity index (χ2v) is 5.70. The molecule has 2 heterocycles. The van der Waals surface area contributed by atoms with Crippen molar-refractivity contribution in [1.29, 1.82) is 0 Å². The molecule has 2 N–H and O–H groups in total. The predicted molar refractivity (Wildman–Crippen MR) is 74.2 cm³/mol. The molecule has 0 aromatic carbocycles. The molecule has 0 spiro atoms. The van der Waals surface area contributed by atoms with Crippen LogP contribution in [0.4, 0.5) is 0 Å². The number of hydrogen-bond acceptors (Lipinski definition) is 4. The van der Waals surface area contributed by atoms with Gasteiger partial charge < -0.3 is 15.2 Å². The molecule has 0 radical (unpaired) electrons. The van der Waals surface area contributed by atoms with Gasteiger partial charge in [0, 0.05) is 31.2 Å². The predicted octanol–water partition coefficient (Wildman–Crippen LogP) is 0.883. The van der Waals surface area contributed by atoms with Crippen molar-refractivity contribution < 1.29 is 9.84 Å². The van der Waals surface area contributed by atoms with Crippen LogP contribution in [-0.4, -0.2) is 46.3 Å². The lowest BCUT2D eigenvalue weighted by atomic mass is 9.91. The van der Waals surface area contributed by atoms with Gasteiger partial charge in [0.25, 0.3) is 0 Å². The number of hydrogen-bond donors (Lipinski definition) is 2. The summed E-state index contributed by atoms with van der Waals surface area (Å²) in [6, 6.07) is 2.30. The Balaban J connectivity index is 1.98. The lowest BCUT2D eigenvalue weighted by Crippen LogP contribution is -2.46. The zero-order valence-electron chi connectivity index (χ0n) is 12.1. The molecule has 1 aromatic heterocycles. The van der Waals surface area contributed by atoms with Crippen molar-refractivity contribution in [3.8, 4) is 0 Å². The van der Waals surface area contributed by atoms with Crippen LogP contribution in [0.5, 0.6) is 0 Å². The Morgan fingerprint density at radius 1 is 1.63 bits per heavy atom. The SMILES string of the molecule is CCn1nc(C)cc1CC(C)(O)CC1COCCN1. The van der Waals surface area contributed by atoms with Crippen LogP contribution in [-0.2, 0) is 17.7 Å². The van der Waals surface area contributed by atoms with Crippen LogP contribution in [0.25, 0.3) is 0 Å². The van der Waals surface area contributed by atoms with Crippen LogP contribution < -0.4 is 5.32 Å². The average molecular weight is 267 g/mol. The number of morpholine rings is 1. The van der Waals surface area contributed by atoms with Gasteiger partial charge in [-0.2, -0.15) is 5.10 Å². The molecule has 1 aromatic rings. The number of aryl methyl sites for hydroxylation is 2. The van der Waals surface area contributed by atoms with Gasteiger partial charge in [-0.15, -0.1) is 0 Å². The topological polar surface area (TPSA) is 59.3 Å². The highest BCUT2D eigenvalue weighted by molar-refractivity contribution is 5.11. The fourth-order valence-corrected chi connectivity index (χ4v) is 2.76. The minimum Gasteiger partial charge on any atom is -0.390 e. The van der Waals surface area contributed by atoms with Crippen molar-refractivity contribution in [2.45, 2.75) is 51.8 Å². The average Bonchev–Trinajstić information content (AvgIpc) is 2.69. The second kappa shape index (κ2) is 6.03. The first-order valence-corrected chi connectivity index (χ1v) is 7.07. The largest absolute Gasteiger partial charge is 0.390 e. The van der Waals surface area contributed by atoms with Gasteiger partial charge in [0.05, 0.1) is 24.5 Å². The Morgan fingerprint density at radius 3 is 3.05 bits per heavy atom. The summed E-state index contributed by atoms with van der Waals surface area (Å²) < 4.78 is 7.40. The number of rotatable bonds is 5. The third-order valence-electron chi connectivity index (χ3n) is 3.53. The van der Waals surface area contributed by atoms with Crippen LogP contribution >= 0.6 is 0 Å². The van der Waals surface area contributed by atoms with E-state index in [0.717, 1.165) is 31.1 Å². The maximum atomic E-state index is 10.6. The number of ether oxygens (including phenoxy) is 1. The molecule has 2 rings (SSSR count). The Morgan fingerprint density at radius 2 is 2.42 bits per heavy atom. The minimum absolute atomic E-state index is 0.239. The summed E-state index contributed by atoms with van der Waals surface area (Å²) in [7, 11) is 0. The Hall–Kier alpha value is -0.910. The Bertz CT molecular complexity index is 409. The van der Waals surface area contributed by atoms with E-state index in [1.807, 2.05) is 18.5 Å². The molecule has 108 valence electrons. The van der Waals surface area contributed by atoms with E-state index in [1.165, 1.54) is 0 Å². The summed E-state index contributed by atoms with van der Waals surface area (Å²) >= 11 is 0. The van der Waals surface area contributed by atoms with E-state index in [0.29, 0.717) is 19.4 Å². The molecule has 5 heteroatoms. The molecule has 0 amide bonds. The zero-order chi connectivity index (χ0) is 13.9. The lowest BCUT2D eigenvalue weighted by Gasteiger charge is -2.31. The number of nitrogens with one attached hydrogen (secondary N) is 1. The standard InChI is InChI=1S/C14H25N3O2/c1-4-17-13(7-11(2)16-17)9-14(3,18)8-12-10-19-6-5-15-12/h7,12,15,18H,4-6,8-10H2,1-3H3. The molecule has 1 fully saturated rings. The van der Waals surface area contributed by atoms with Crippen molar-refractivity contribution >= 4 is 0 Å². The van der Waals surface area contributed by atoms with E-state index in [-0.39, 0.29) is 6.04 Å². The first kappa shape index (κ1) is 14.5. The number of aromatic nitrogens is 2. The first-order valence-electron chi connectivity index (χ1n) is 7.07. The first-order chi connectivity index (χ1) is 9.00. The summed E-state index contributed by atoms with van der Waals surface area (Å²) in [5.41, 5.74) is 1.37. The molecule has 5 nitrogen and oxygen atoms in total. The molecular formula is C14H25N3O2. The third-order valence-corrected chi connectivity index (χ3v) is 3.53. The minimum atomic E-state index is -0.738. The molecule has 1 saturated heterocycles. The molecule has 2 unspecified atom stereocenters. The van der Waals surface area contributed by atoms with Crippen molar-refractivity contribution in [3.63, 3.8) is 0 Å². The van der Waals surface area contributed by atoms with Crippen LogP contribution in [0.2, 0.25) is 0 Å². The van der Waals surface area contributed by atoms with Crippen molar-refractivity contribution in [2.75, 3.05) is 19.8 Å².